The van der Waals surface area contributed by atoms with E-state index in [4.69, 9.17) is 4.42 Å². The molecular weight excluding hydrogens is 320 g/mol. The number of carbonyl (C=O) groups excluding carboxylic acids is 2. The molecule has 0 atom stereocenters. The third kappa shape index (κ3) is 4.43. The first-order chi connectivity index (χ1) is 12.1. The fourth-order valence-electron chi connectivity index (χ4n) is 2.86. The molecule has 0 radical (unpaired) electrons. The summed E-state index contributed by atoms with van der Waals surface area (Å²) in [4.78, 5) is 36.8. The molecule has 3 heterocycles. The zero-order valence-corrected chi connectivity index (χ0v) is 14.4. The summed E-state index contributed by atoms with van der Waals surface area (Å²) in [6.45, 7) is 4.07. The summed E-state index contributed by atoms with van der Waals surface area (Å²) < 4.78 is 5.35. The number of likely N-dealkylation sites (tertiary alicyclic amines) is 1. The van der Waals surface area contributed by atoms with E-state index in [1.54, 1.807) is 23.4 Å². The second-order valence-electron chi connectivity index (χ2n) is 6.19. The summed E-state index contributed by atoms with van der Waals surface area (Å²) in [7, 11) is 0. The maximum Gasteiger partial charge on any atom is 0.274 e. The minimum Gasteiger partial charge on any atom is -0.467 e. The summed E-state index contributed by atoms with van der Waals surface area (Å²) in [5, 5.41) is 0. The van der Waals surface area contributed by atoms with E-state index < -0.39 is 0 Å². The van der Waals surface area contributed by atoms with E-state index in [9.17, 15) is 9.59 Å². The standard InChI is InChI=1S/C18H22N4O3/c1-14-11-20-16(12-19-14)18(24)22(13-15-5-4-10-25-15)9-6-17(23)21-7-2-3-8-21/h4-5,10-12H,2-3,6-9,13H2,1H3. The van der Waals surface area contributed by atoms with Gasteiger partial charge in [-0.05, 0) is 31.9 Å². The molecule has 7 heteroatoms. The van der Waals surface area contributed by atoms with E-state index in [0.29, 0.717) is 25.3 Å². The maximum atomic E-state index is 12.8. The molecular formula is C18H22N4O3. The molecule has 0 spiro atoms. The molecule has 0 unspecified atom stereocenters. The molecule has 7 nitrogen and oxygen atoms in total. The van der Waals surface area contributed by atoms with Gasteiger partial charge in [0.25, 0.3) is 5.91 Å². The second kappa shape index (κ2) is 7.92. The van der Waals surface area contributed by atoms with Crippen molar-refractivity contribution in [3.63, 3.8) is 0 Å². The summed E-state index contributed by atoms with van der Waals surface area (Å²) >= 11 is 0. The SMILES string of the molecule is Cc1cnc(C(=O)N(CCC(=O)N2CCCC2)Cc2ccco2)cn1. The predicted molar refractivity (Wildman–Crippen MR) is 90.6 cm³/mol. The highest BCUT2D eigenvalue weighted by atomic mass is 16.3. The average Bonchev–Trinajstić information content (AvgIpc) is 3.32. The van der Waals surface area contributed by atoms with Crippen LogP contribution in [0.25, 0.3) is 0 Å². The molecule has 2 aromatic heterocycles. The minimum absolute atomic E-state index is 0.0877. The molecule has 0 saturated carbocycles. The molecule has 0 aromatic carbocycles. The summed E-state index contributed by atoms with van der Waals surface area (Å²) in [6, 6.07) is 3.59. The van der Waals surface area contributed by atoms with Crippen molar-refractivity contribution in [1.82, 2.24) is 19.8 Å². The predicted octanol–water partition coefficient (Wildman–Crippen LogP) is 2.03. The average molecular weight is 342 g/mol. The van der Waals surface area contributed by atoms with Crippen molar-refractivity contribution < 1.29 is 14.0 Å². The number of furan rings is 1. The molecule has 3 rings (SSSR count). The van der Waals surface area contributed by atoms with Gasteiger partial charge in [-0.2, -0.15) is 0 Å². The number of aromatic nitrogens is 2. The van der Waals surface area contributed by atoms with Crippen molar-refractivity contribution >= 4 is 11.8 Å². The summed E-state index contributed by atoms with van der Waals surface area (Å²) in [5.41, 5.74) is 1.02. The van der Waals surface area contributed by atoms with Gasteiger partial charge in [0.05, 0.1) is 24.7 Å². The van der Waals surface area contributed by atoms with E-state index in [0.717, 1.165) is 31.6 Å². The third-order valence-electron chi connectivity index (χ3n) is 4.27. The number of hydrogen-bond acceptors (Lipinski definition) is 5. The lowest BCUT2D eigenvalue weighted by atomic mass is 10.2. The first-order valence-corrected chi connectivity index (χ1v) is 8.51. The van der Waals surface area contributed by atoms with Crippen LogP contribution in [0, 0.1) is 6.92 Å². The zero-order chi connectivity index (χ0) is 17.6. The zero-order valence-electron chi connectivity index (χ0n) is 14.4. The molecule has 1 saturated heterocycles. The van der Waals surface area contributed by atoms with E-state index in [1.165, 1.54) is 6.20 Å². The van der Waals surface area contributed by atoms with Gasteiger partial charge in [0.2, 0.25) is 5.91 Å². The molecule has 1 aliphatic rings. The third-order valence-corrected chi connectivity index (χ3v) is 4.27. The van der Waals surface area contributed by atoms with Crippen molar-refractivity contribution in [2.24, 2.45) is 0 Å². The molecule has 1 fully saturated rings. The van der Waals surface area contributed by atoms with Gasteiger partial charge in [-0.25, -0.2) is 4.98 Å². The highest BCUT2D eigenvalue weighted by Gasteiger charge is 2.22. The number of amides is 2. The monoisotopic (exact) mass is 342 g/mol. The van der Waals surface area contributed by atoms with Gasteiger partial charge in [0.1, 0.15) is 11.5 Å². The highest BCUT2D eigenvalue weighted by Crippen LogP contribution is 2.13. The van der Waals surface area contributed by atoms with E-state index in [-0.39, 0.29) is 17.5 Å². The Balaban J connectivity index is 1.68. The van der Waals surface area contributed by atoms with E-state index in [2.05, 4.69) is 9.97 Å². The Labute approximate surface area is 146 Å². The van der Waals surface area contributed by atoms with Gasteiger partial charge >= 0.3 is 0 Å². The van der Waals surface area contributed by atoms with Gasteiger partial charge in [-0.1, -0.05) is 0 Å². The van der Waals surface area contributed by atoms with Crippen molar-refractivity contribution in [2.45, 2.75) is 32.7 Å². The van der Waals surface area contributed by atoms with Crippen LogP contribution in [0.5, 0.6) is 0 Å². The van der Waals surface area contributed by atoms with Gasteiger partial charge < -0.3 is 14.2 Å². The first kappa shape index (κ1) is 17.1. The van der Waals surface area contributed by atoms with Crippen LogP contribution in [0.15, 0.2) is 35.2 Å². The summed E-state index contributed by atoms with van der Waals surface area (Å²) in [6.07, 6.45) is 7.01. The number of hydrogen-bond donors (Lipinski definition) is 0. The van der Waals surface area contributed by atoms with E-state index in [1.807, 2.05) is 17.9 Å². The van der Waals surface area contributed by atoms with Gasteiger partial charge in [-0.15, -0.1) is 0 Å². The van der Waals surface area contributed by atoms with Gasteiger partial charge in [0.15, 0.2) is 0 Å². The van der Waals surface area contributed by atoms with Crippen molar-refractivity contribution in [3.05, 3.63) is 47.9 Å². The fraction of sp³-hybridized carbons (Fsp3) is 0.444. The van der Waals surface area contributed by atoms with Crippen molar-refractivity contribution in [2.75, 3.05) is 19.6 Å². The number of nitrogens with zero attached hydrogens (tertiary/aromatic N) is 4. The van der Waals surface area contributed by atoms with Crippen LogP contribution in [0.1, 0.15) is 41.2 Å². The molecule has 2 amide bonds. The van der Waals surface area contributed by atoms with Crippen LogP contribution in [-0.4, -0.2) is 51.2 Å². The highest BCUT2D eigenvalue weighted by molar-refractivity contribution is 5.92. The Morgan fingerprint density at radius 3 is 2.68 bits per heavy atom. The summed E-state index contributed by atoms with van der Waals surface area (Å²) in [5.74, 6) is 0.505. The lowest BCUT2D eigenvalue weighted by Gasteiger charge is -2.23. The van der Waals surface area contributed by atoms with E-state index >= 15 is 0 Å². The molecule has 1 aliphatic heterocycles. The Morgan fingerprint density at radius 2 is 2.04 bits per heavy atom. The number of aryl methyl sites for hydroxylation is 1. The molecule has 25 heavy (non-hydrogen) atoms. The van der Waals surface area contributed by atoms with Crippen LogP contribution in [0.4, 0.5) is 0 Å². The fourth-order valence-corrected chi connectivity index (χ4v) is 2.86. The Kier molecular flexibility index (Phi) is 5.42. The van der Waals surface area contributed by atoms with Crippen LogP contribution in [-0.2, 0) is 11.3 Å². The van der Waals surface area contributed by atoms with Crippen molar-refractivity contribution in [3.8, 4) is 0 Å². The molecule has 0 aliphatic carbocycles. The van der Waals surface area contributed by atoms with Crippen LogP contribution < -0.4 is 0 Å². The van der Waals surface area contributed by atoms with Crippen LogP contribution >= 0.6 is 0 Å². The smallest absolute Gasteiger partial charge is 0.274 e. The minimum atomic E-state index is -0.252. The topological polar surface area (TPSA) is 79.5 Å². The van der Waals surface area contributed by atoms with Gasteiger partial charge in [0, 0.05) is 32.3 Å². The van der Waals surface area contributed by atoms with Crippen LogP contribution in [0.3, 0.4) is 0 Å². The molecule has 132 valence electrons. The Morgan fingerprint density at radius 1 is 1.24 bits per heavy atom. The largest absolute Gasteiger partial charge is 0.467 e. The second-order valence-corrected chi connectivity index (χ2v) is 6.19. The molecule has 0 N–H and O–H groups in total. The maximum absolute atomic E-state index is 12.8. The number of rotatable bonds is 6. The normalized spacial score (nSPS) is 13.9. The Hall–Kier alpha value is -2.70. The number of carbonyl (C=O) groups is 2. The molecule has 2 aromatic rings. The van der Waals surface area contributed by atoms with Crippen LogP contribution in [0.2, 0.25) is 0 Å². The Bertz CT molecular complexity index is 706. The molecule has 0 bridgehead atoms. The van der Waals surface area contributed by atoms with Gasteiger partial charge in [-0.3, -0.25) is 14.6 Å². The quantitative estimate of drug-likeness (QED) is 0.802. The lowest BCUT2D eigenvalue weighted by molar-refractivity contribution is -0.130. The van der Waals surface area contributed by atoms with Crippen molar-refractivity contribution in [1.29, 1.82) is 0 Å². The lowest BCUT2D eigenvalue weighted by Crippen LogP contribution is -2.36. The first-order valence-electron chi connectivity index (χ1n) is 8.51.